The molecule has 0 fully saturated rings. The third-order valence-corrected chi connectivity index (χ3v) is 6.97. The maximum absolute atomic E-state index is 7.75. The van der Waals surface area contributed by atoms with Crippen molar-refractivity contribution in [1.82, 2.24) is 15.0 Å². The first-order valence-electron chi connectivity index (χ1n) is 14.2. The average molecular weight is 789 g/mol. The van der Waals surface area contributed by atoms with Gasteiger partial charge >= 0.3 is 0 Å². The van der Waals surface area contributed by atoms with Crippen molar-refractivity contribution in [3.63, 3.8) is 0 Å². The maximum atomic E-state index is 7.75. The molecule has 0 aliphatic heterocycles. The zero-order valence-corrected chi connectivity index (χ0v) is 28.7. The minimum atomic E-state index is 0. The van der Waals surface area contributed by atoms with E-state index >= 15 is 0 Å². The molecule has 47 heavy (non-hydrogen) atoms. The van der Waals surface area contributed by atoms with Crippen LogP contribution in [0.4, 0.5) is 0 Å². The van der Waals surface area contributed by atoms with Gasteiger partial charge in [-0.2, -0.15) is 0 Å². The molecule has 1 radical (unpaired) electrons. The van der Waals surface area contributed by atoms with Crippen LogP contribution < -0.4 is 0 Å². The first kappa shape index (κ1) is 37.7. The molecule has 0 saturated heterocycles. The van der Waals surface area contributed by atoms with Crippen LogP contribution in [0.5, 0.6) is 0 Å². The number of carbonyl (C=O) groups excluding carboxylic acids is 3. The van der Waals surface area contributed by atoms with E-state index in [0.29, 0.717) is 0 Å². The van der Waals surface area contributed by atoms with E-state index in [2.05, 4.69) is 124 Å². The van der Waals surface area contributed by atoms with Crippen LogP contribution in [0.2, 0.25) is 0 Å². The molecule has 0 bridgehead atoms. The molecule has 6 nitrogen and oxygen atoms in total. The summed E-state index contributed by atoms with van der Waals surface area (Å²) in [6.45, 7) is 13.9. The fraction of sp³-hybridized carbons (Fsp3) is 0.0500. The van der Waals surface area contributed by atoms with Crippen molar-refractivity contribution < 1.29 is 34.8 Å². The Bertz CT molecular complexity index is 1810. The summed E-state index contributed by atoms with van der Waals surface area (Å²) in [5.74, 6) is 0. The average Bonchev–Trinajstić information content (AvgIpc) is 3.15. The maximum Gasteiger partial charge on any atom is 0.0974 e. The zero-order chi connectivity index (χ0) is 33.3. The van der Waals surface area contributed by atoms with E-state index < -0.39 is 0 Å². The van der Waals surface area contributed by atoms with E-state index in [1.165, 1.54) is 33.4 Å². The predicted molar refractivity (Wildman–Crippen MR) is 187 cm³/mol. The molecule has 0 unspecified atom stereocenters. The molecule has 0 atom stereocenters. The monoisotopic (exact) mass is 789 g/mol. The molecule has 4 aromatic carbocycles. The number of benzene rings is 4. The standard InChI is InChI=1S/C26H20N2.C11H9N.3CHO.Re/c1-17-15-23(19-9-5-3-6-10-19)21-13-14-22-24(20-11-7-4-8-12-20)16-18(2)28-26(22)25(21)27-17;1-2-4-10(5-3-1)11-6-8-12-9-7-11;3*1-2;/h3-16H,1-2H3;1-9H;3*1H;/q;;3*-1;. The second-order valence-corrected chi connectivity index (χ2v) is 9.81. The number of hydrogen-bond acceptors (Lipinski definition) is 6. The molecule has 7 rings (SSSR count). The Hall–Kier alpha value is -5.48. The molecule has 3 aromatic heterocycles. The van der Waals surface area contributed by atoms with Crippen molar-refractivity contribution in [2.24, 2.45) is 0 Å². The molecule has 0 saturated carbocycles. The van der Waals surface area contributed by atoms with Gasteiger partial charge in [-0.15, -0.1) is 0 Å². The molecular weight excluding hydrogens is 757 g/mol. The number of hydrogen-bond donors (Lipinski definition) is 0. The van der Waals surface area contributed by atoms with Gasteiger partial charge in [-0.1, -0.05) is 103 Å². The number of aromatic nitrogens is 3. The first-order chi connectivity index (χ1) is 22.7. The first-order valence-corrected chi connectivity index (χ1v) is 14.2. The van der Waals surface area contributed by atoms with E-state index in [4.69, 9.17) is 24.4 Å². The second-order valence-electron chi connectivity index (χ2n) is 9.81. The largest absolute Gasteiger partial charge is 0.545 e. The molecule has 0 spiro atoms. The minimum absolute atomic E-state index is 0. The minimum Gasteiger partial charge on any atom is -0.545 e. The molecule has 0 amide bonds. The number of aryl methyl sites for hydroxylation is 2. The van der Waals surface area contributed by atoms with Crippen molar-refractivity contribution in [3.8, 4) is 33.4 Å². The summed E-state index contributed by atoms with van der Waals surface area (Å²) in [6, 6.07) is 44.0. The van der Waals surface area contributed by atoms with Crippen LogP contribution in [0.25, 0.3) is 55.2 Å². The molecule has 0 N–H and O–H groups in total. The number of rotatable bonds is 3. The predicted octanol–water partition coefficient (Wildman–Crippen LogP) is 8.66. The molecule has 0 aliphatic carbocycles. The van der Waals surface area contributed by atoms with Gasteiger partial charge in [-0.25, -0.2) is 0 Å². The van der Waals surface area contributed by atoms with Gasteiger partial charge in [0.25, 0.3) is 0 Å². The van der Waals surface area contributed by atoms with Gasteiger partial charge in [0.2, 0.25) is 0 Å². The summed E-state index contributed by atoms with van der Waals surface area (Å²) in [5, 5.41) is 2.28. The Labute approximate surface area is 289 Å². The third kappa shape index (κ3) is 9.51. The molecule has 7 heteroatoms. The molecular formula is C40H32N3O3Re-3. The third-order valence-electron chi connectivity index (χ3n) is 6.97. The van der Waals surface area contributed by atoms with Crippen LogP contribution in [0, 0.1) is 13.8 Å². The van der Waals surface area contributed by atoms with Crippen LogP contribution in [0.3, 0.4) is 0 Å². The number of pyridine rings is 3. The van der Waals surface area contributed by atoms with Crippen LogP contribution >= 0.6 is 0 Å². The van der Waals surface area contributed by atoms with Gasteiger partial charge in [0.05, 0.1) is 11.0 Å². The molecule has 7 aromatic rings. The SMILES string of the molecule is Cc1cc(-c2ccccc2)c2ccc3c(-c4ccccc4)cc(C)nc3c2n1.[CH-]=O.[CH-]=O.[CH-]=O.[Re].c1ccc(-c2ccncc2)cc1. The van der Waals surface area contributed by atoms with Gasteiger partial charge in [0.15, 0.2) is 0 Å². The van der Waals surface area contributed by atoms with E-state index in [1.807, 2.05) is 54.9 Å². The van der Waals surface area contributed by atoms with Crippen molar-refractivity contribution in [2.75, 3.05) is 0 Å². The molecule has 235 valence electrons. The van der Waals surface area contributed by atoms with E-state index in [9.17, 15) is 0 Å². The fourth-order valence-corrected chi connectivity index (χ4v) is 5.12. The number of nitrogens with zero attached hydrogens (tertiary/aromatic N) is 3. The Morgan fingerprint density at radius 2 is 0.745 bits per heavy atom. The Morgan fingerprint density at radius 3 is 1.11 bits per heavy atom. The van der Waals surface area contributed by atoms with Gasteiger partial charge in [0, 0.05) is 55.0 Å². The Morgan fingerprint density at radius 1 is 0.426 bits per heavy atom. The quantitative estimate of drug-likeness (QED) is 0.101. The van der Waals surface area contributed by atoms with Gasteiger partial charge in [0.1, 0.15) is 0 Å². The van der Waals surface area contributed by atoms with Crippen LogP contribution in [-0.4, -0.2) is 35.3 Å². The summed E-state index contributed by atoms with van der Waals surface area (Å²) >= 11 is 0. The summed E-state index contributed by atoms with van der Waals surface area (Å²) < 4.78 is 0. The van der Waals surface area contributed by atoms with Crippen molar-refractivity contribution in [1.29, 1.82) is 0 Å². The van der Waals surface area contributed by atoms with Gasteiger partial charge in [-0.3, -0.25) is 35.3 Å². The topological polar surface area (TPSA) is 89.9 Å². The normalized spacial score (nSPS) is 9.40. The van der Waals surface area contributed by atoms with Crippen LogP contribution in [0.1, 0.15) is 11.4 Å². The van der Waals surface area contributed by atoms with E-state index in [0.717, 1.165) is 33.2 Å². The van der Waals surface area contributed by atoms with Crippen LogP contribution in [0.15, 0.2) is 140 Å². The van der Waals surface area contributed by atoms with Crippen molar-refractivity contribution in [2.45, 2.75) is 13.8 Å². The van der Waals surface area contributed by atoms with Crippen molar-refractivity contribution >= 4 is 42.2 Å². The van der Waals surface area contributed by atoms with Crippen LogP contribution in [-0.2, 0) is 34.8 Å². The Balaban J connectivity index is 0.000000340. The summed E-state index contributed by atoms with van der Waals surface area (Å²) in [7, 11) is 0. The molecule has 3 heterocycles. The zero-order valence-electron chi connectivity index (χ0n) is 26.0. The summed E-state index contributed by atoms with van der Waals surface area (Å²) in [6.07, 6.45) is 3.62. The summed E-state index contributed by atoms with van der Waals surface area (Å²) in [5.41, 5.74) is 11.2. The number of fused-ring (bicyclic) bond motifs is 3. The summed E-state index contributed by atoms with van der Waals surface area (Å²) in [4.78, 5) is 37.0. The van der Waals surface area contributed by atoms with E-state index in [-0.39, 0.29) is 20.4 Å². The smallest absolute Gasteiger partial charge is 0.0974 e. The second kappa shape index (κ2) is 19.8. The van der Waals surface area contributed by atoms with Gasteiger partial charge in [-0.05, 0) is 71.5 Å². The Kier molecular flexibility index (Phi) is 15.9. The molecule has 0 aliphatic rings. The fourth-order valence-electron chi connectivity index (χ4n) is 5.12. The van der Waals surface area contributed by atoms with Gasteiger partial charge < -0.3 is 14.4 Å². The van der Waals surface area contributed by atoms with E-state index in [1.54, 1.807) is 0 Å². The van der Waals surface area contributed by atoms with Crippen molar-refractivity contribution in [3.05, 3.63) is 151 Å².